The maximum atomic E-state index is 12.1. The number of carbonyl (C=O) groups excluding carboxylic acids is 1. The Morgan fingerprint density at radius 1 is 1.48 bits per heavy atom. The largest absolute Gasteiger partial charge is 0.491 e. The molecular weight excluding hydrogens is 292 g/mol. The Balaban J connectivity index is 0.00000220. The third-order valence-corrected chi connectivity index (χ3v) is 3.12. The summed E-state index contributed by atoms with van der Waals surface area (Å²) in [5.41, 5.74) is 0.697. The first kappa shape index (κ1) is 17.8. The normalized spacial score (nSPS) is 17.7. The highest BCUT2D eigenvalue weighted by molar-refractivity contribution is 5.95. The molecule has 0 saturated carbocycles. The Kier molecular flexibility index (Phi) is 8.12. The van der Waals surface area contributed by atoms with Crippen LogP contribution in [-0.4, -0.2) is 38.3 Å². The van der Waals surface area contributed by atoms with Crippen LogP contribution in [0.25, 0.3) is 0 Å². The Hall–Kier alpha value is -1.30. The third kappa shape index (κ3) is 5.53. The van der Waals surface area contributed by atoms with Crippen molar-refractivity contribution in [2.24, 2.45) is 0 Å². The second-order valence-corrected chi connectivity index (χ2v) is 4.75. The van der Waals surface area contributed by atoms with Crippen LogP contribution in [0.15, 0.2) is 24.3 Å². The predicted octanol–water partition coefficient (Wildman–Crippen LogP) is 2.21. The molecule has 1 aromatic rings. The number of carbonyl (C=O) groups is 1. The van der Waals surface area contributed by atoms with Gasteiger partial charge in [0.05, 0.1) is 18.9 Å². The molecule has 6 heteroatoms. The lowest BCUT2D eigenvalue weighted by molar-refractivity contribution is -0.128. The zero-order valence-electron chi connectivity index (χ0n) is 12.3. The van der Waals surface area contributed by atoms with Gasteiger partial charge in [0.15, 0.2) is 0 Å². The summed E-state index contributed by atoms with van der Waals surface area (Å²) >= 11 is 0. The van der Waals surface area contributed by atoms with Crippen LogP contribution in [0.5, 0.6) is 5.75 Å². The first-order valence-corrected chi connectivity index (χ1v) is 7.16. The van der Waals surface area contributed by atoms with E-state index in [4.69, 9.17) is 9.47 Å². The van der Waals surface area contributed by atoms with E-state index >= 15 is 0 Å². The van der Waals surface area contributed by atoms with E-state index in [9.17, 15) is 4.79 Å². The molecule has 0 aromatic heterocycles. The standard InChI is InChI=1S/C15H22N2O3.ClH/c1-2-3-9-19-13-7-5-4-6-12(13)17-15(18)14-11-16-8-10-20-14;/h4-7,14,16H,2-3,8-11H2,1H3,(H,17,18);1H. The van der Waals surface area contributed by atoms with Gasteiger partial charge in [-0.25, -0.2) is 0 Å². The van der Waals surface area contributed by atoms with Crippen molar-refractivity contribution in [2.75, 3.05) is 31.6 Å². The number of anilines is 1. The van der Waals surface area contributed by atoms with Crippen molar-refractivity contribution in [3.05, 3.63) is 24.3 Å². The van der Waals surface area contributed by atoms with E-state index in [0.717, 1.165) is 19.4 Å². The molecule has 21 heavy (non-hydrogen) atoms. The summed E-state index contributed by atoms with van der Waals surface area (Å²) in [6.45, 7) is 4.67. The van der Waals surface area contributed by atoms with Crippen LogP contribution in [0, 0.1) is 0 Å². The van der Waals surface area contributed by atoms with Gasteiger partial charge in [-0.1, -0.05) is 25.5 Å². The number of amides is 1. The van der Waals surface area contributed by atoms with Gasteiger partial charge in [-0.2, -0.15) is 0 Å². The molecule has 0 spiro atoms. The molecule has 0 bridgehead atoms. The van der Waals surface area contributed by atoms with Crippen molar-refractivity contribution in [2.45, 2.75) is 25.9 Å². The van der Waals surface area contributed by atoms with E-state index in [1.807, 2.05) is 24.3 Å². The highest BCUT2D eigenvalue weighted by Crippen LogP contribution is 2.24. The highest BCUT2D eigenvalue weighted by atomic mass is 35.5. The number of rotatable bonds is 6. The number of para-hydroxylation sites is 2. The minimum atomic E-state index is -0.438. The molecule has 0 radical (unpaired) electrons. The molecule has 1 unspecified atom stereocenters. The van der Waals surface area contributed by atoms with Gasteiger partial charge in [-0.3, -0.25) is 4.79 Å². The van der Waals surface area contributed by atoms with Gasteiger partial charge in [0, 0.05) is 13.1 Å². The van der Waals surface area contributed by atoms with Crippen LogP contribution in [0.3, 0.4) is 0 Å². The van der Waals surface area contributed by atoms with Gasteiger partial charge >= 0.3 is 0 Å². The quantitative estimate of drug-likeness (QED) is 0.790. The summed E-state index contributed by atoms with van der Waals surface area (Å²) < 4.78 is 11.1. The molecule has 5 nitrogen and oxygen atoms in total. The second kappa shape index (κ2) is 9.60. The Bertz CT molecular complexity index is 437. The Labute approximate surface area is 131 Å². The molecule has 1 saturated heterocycles. The number of benzene rings is 1. The van der Waals surface area contributed by atoms with Crippen LogP contribution >= 0.6 is 12.4 Å². The molecule has 1 fully saturated rings. The zero-order chi connectivity index (χ0) is 14.2. The average molecular weight is 315 g/mol. The lowest BCUT2D eigenvalue weighted by Crippen LogP contribution is -2.45. The SMILES string of the molecule is CCCCOc1ccccc1NC(=O)C1CNCCO1.Cl. The van der Waals surface area contributed by atoms with Crippen LogP contribution in [-0.2, 0) is 9.53 Å². The summed E-state index contributed by atoms with van der Waals surface area (Å²) in [5, 5.41) is 6.02. The summed E-state index contributed by atoms with van der Waals surface area (Å²) in [7, 11) is 0. The fraction of sp³-hybridized carbons (Fsp3) is 0.533. The number of unbranched alkanes of at least 4 members (excludes halogenated alkanes) is 1. The van der Waals surface area contributed by atoms with Crippen molar-refractivity contribution >= 4 is 24.0 Å². The van der Waals surface area contributed by atoms with Gasteiger partial charge < -0.3 is 20.1 Å². The first-order chi connectivity index (χ1) is 9.81. The number of hydrogen-bond acceptors (Lipinski definition) is 4. The van der Waals surface area contributed by atoms with Crippen LogP contribution < -0.4 is 15.4 Å². The van der Waals surface area contributed by atoms with Gasteiger partial charge in [-0.05, 0) is 18.6 Å². The smallest absolute Gasteiger partial charge is 0.254 e. The van der Waals surface area contributed by atoms with E-state index in [0.29, 0.717) is 31.2 Å². The summed E-state index contributed by atoms with van der Waals surface area (Å²) in [5.74, 6) is 0.571. The topological polar surface area (TPSA) is 59.6 Å². The zero-order valence-corrected chi connectivity index (χ0v) is 13.1. The summed E-state index contributed by atoms with van der Waals surface area (Å²) in [4.78, 5) is 12.1. The first-order valence-electron chi connectivity index (χ1n) is 7.16. The molecular formula is C15H23ClN2O3. The monoisotopic (exact) mass is 314 g/mol. The summed E-state index contributed by atoms with van der Waals surface area (Å²) in [6.07, 6.45) is 1.64. The van der Waals surface area contributed by atoms with Crippen LogP contribution in [0.1, 0.15) is 19.8 Å². The number of halogens is 1. The lowest BCUT2D eigenvalue weighted by atomic mass is 10.2. The fourth-order valence-corrected chi connectivity index (χ4v) is 1.97. The van der Waals surface area contributed by atoms with Gasteiger partial charge in [0.1, 0.15) is 11.9 Å². The van der Waals surface area contributed by atoms with E-state index in [-0.39, 0.29) is 18.3 Å². The van der Waals surface area contributed by atoms with Crippen LogP contribution in [0.2, 0.25) is 0 Å². The van der Waals surface area contributed by atoms with Gasteiger partial charge in [0.25, 0.3) is 5.91 Å². The van der Waals surface area contributed by atoms with E-state index in [2.05, 4.69) is 17.6 Å². The van der Waals surface area contributed by atoms with Gasteiger partial charge in [0.2, 0.25) is 0 Å². The van der Waals surface area contributed by atoms with E-state index in [1.54, 1.807) is 0 Å². The lowest BCUT2D eigenvalue weighted by Gasteiger charge is -2.23. The Morgan fingerprint density at radius 2 is 2.29 bits per heavy atom. The summed E-state index contributed by atoms with van der Waals surface area (Å²) in [6, 6.07) is 7.48. The number of ether oxygens (including phenoxy) is 2. The number of hydrogen-bond donors (Lipinski definition) is 2. The van der Waals surface area contributed by atoms with E-state index in [1.165, 1.54) is 0 Å². The molecule has 1 amide bonds. The third-order valence-electron chi connectivity index (χ3n) is 3.12. The molecule has 1 aromatic carbocycles. The van der Waals surface area contributed by atoms with Crippen LogP contribution in [0.4, 0.5) is 5.69 Å². The molecule has 1 atom stereocenters. The maximum absolute atomic E-state index is 12.1. The maximum Gasteiger partial charge on any atom is 0.254 e. The van der Waals surface area contributed by atoms with Crippen molar-refractivity contribution < 1.29 is 14.3 Å². The average Bonchev–Trinajstić information content (AvgIpc) is 2.50. The second-order valence-electron chi connectivity index (χ2n) is 4.75. The minimum Gasteiger partial charge on any atom is -0.491 e. The van der Waals surface area contributed by atoms with Crippen molar-refractivity contribution in [1.29, 1.82) is 0 Å². The van der Waals surface area contributed by atoms with Crippen molar-refractivity contribution in [1.82, 2.24) is 5.32 Å². The molecule has 1 aliphatic rings. The van der Waals surface area contributed by atoms with Crippen molar-refractivity contribution in [3.63, 3.8) is 0 Å². The molecule has 118 valence electrons. The van der Waals surface area contributed by atoms with Crippen molar-refractivity contribution in [3.8, 4) is 5.75 Å². The minimum absolute atomic E-state index is 0. The number of morpholine rings is 1. The molecule has 1 heterocycles. The molecule has 0 aliphatic carbocycles. The molecule has 1 aliphatic heterocycles. The van der Waals surface area contributed by atoms with E-state index < -0.39 is 6.10 Å². The predicted molar refractivity (Wildman–Crippen MR) is 85.3 cm³/mol. The van der Waals surface area contributed by atoms with Gasteiger partial charge in [-0.15, -0.1) is 12.4 Å². The molecule has 2 rings (SSSR count). The fourth-order valence-electron chi connectivity index (χ4n) is 1.97. The highest BCUT2D eigenvalue weighted by Gasteiger charge is 2.22. The number of nitrogens with one attached hydrogen (secondary N) is 2. The Morgan fingerprint density at radius 3 is 3.00 bits per heavy atom. The molecule has 2 N–H and O–H groups in total.